The van der Waals surface area contributed by atoms with Gasteiger partial charge in [-0.05, 0) is 38.7 Å². The zero-order valence-corrected chi connectivity index (χ0v) is 13.4. The Hall–Kier alpha value is -1.62. The number of nitrogens with one attached hydrogen (secondary N) is 1. The molecule has 0 aliphatic heterocycles. The van der Waals surface area contributed by atoms with Crippen LogP contribution in [0.15, 0.2) is 12.3 Å². The molecule has 0 aliphatic rings. The van der Waals surface area contributed by atoms with E-state index in [1.54, 1.807) is 11.1 Å². The number of pyridine rings is 1. The third kappa shape index (κ3) is 5.71. The number of unbranched alkanes of at least 4 members (excludes halogenated alkanes) is 2. The Labute approximate surface area is 127 Å². The second kappa shape index (κ2) is 9.34. The summed E-state index contributed by atoms with van der Waals surface area (Å²) in [5, 5.41) is 12.1. The van der Waals surface area contributed by atoms with E-state index in [9.17, 15) is 4.79 Å². The molecule has 0 aliphatic carbocycles. The van der Waals surface area contributed by atoms with Crippen LogP contribution in [0.1, 0.15) is 48.7 Å². The van der Waals surface area contributed by atoms with Gasteiger partial charge in [-0.3, -0.25) is 9.78 Å². The molecule has 0 atom stereocenters. The molecule has 5 heteroatoms. The summed E-state index contributed by atoms with van der Waals surface area (Å²) < 4.78 is 0. The van der Waals surface area contributed by atoms with Crippen molar-refractivity contribution in [1.29, 1.82) is 0 Å². The van der Waals surface area contributed by atoms with Crippen LogP contribution in [0.25, 0.3) is 0 Å². The summed E-state index contributed by atoms with van der Waals surface area (Å²) in [6.07, 6.45) is 5.28. The fourth-order valence-corrected chi connectivity index (χ4v) is 2.08. The van der Waals surface area contributed by atoms with E-state index in [1.807, 2.05) is 20.0 Å². The van der Waals surface area contributed by atoms with Crippen LogP contribution in [0.4, 0.5) is 5.69 Å². The van der Waals surface area contributed by atoms with Gasteiger partial charge >= 0.3 is 0 Å². The number of carbonyl (C=O) groups is 1. The van der Waals surface area contributed by atoms with Gasteiger partial charge in [0.2, 0.25) is 0 Å². The van der Waals surface area contributed by atoms with Gasteiger partial charge in [-0.25, -0.2) is 0 Å². The Morgan fingerprint density at radius 2 is 2.14 bits per heavy atom. The van der Waals surface area contributed by atoms with Crippen LogP contribution in [0, 0.1) is 6.92 Å². The van der Waals surface area contributed by atoms with E-state index in [2.05, 4.69) is 17.2 Å². The van der Waals surface area contributed by atoms with Gasteiger partial charge in [-0.15, -0.1) is 0 Å². The first kappa shape index (κ1) is 17.4. The van der Waals surface area contributed by atoms with Gasteiger partial charge in [-0.1, -0.05) is 6.92 Å². The minimum absolute atomic E-state index is 0.00917. The highest BCUT2D eigenvalue weighted by Gasteiger charge is 2.16. The summed E-state index contributed by atoms with van der Waals surface area (Å²) in [6, 6.07) is 1.92. The predicted molar refractivity (Wildman–Crippen MR) is 85.7 cm³/mol. The van der Waals surface area contributed by atoms with Crippen LogP contribution >= 0.6 is 0 Å². The van der Waals surface area contributed by atoms with E-state index in [0.717, 1.165) is 43.6 Å². The Morgan fingerprint density at radius 3 is 2.81 bits per heavy atom. The van der Waals surface area contributed by atoms with Crippen LogP contribution in [0.2, 0.25) is 0 Å². The van der Waals surface area contributed by atoms with Gasteiger partial charge < -0.3 is 15.3 Å². The van der Waals surface area contributed by atoms with E-state index in [-0.39, 0.29) is 12.5 Å². The first-order chi connectivity index (χ1) is 10.1. The molecule has 21 heavy (non-hydrogen) atoms. The topological polar surface area (TPSA) is 65.5 Å². The molecule has 118 valence electrons. The first-order valence-electron chi connectivity index (χ1n) is 7.67. The summed E-state index contributed by atoms with van der Waals surface area (Å²) in [6.45, 7) is 5.76. The van der Waals surface area contributed by atoms with E-state index >= 15 is 0 Å². The second-order valence-corrected chi connectivity index (χ2v) is 5.31. The van der Waals surface area contributed by atoms with Crippen molar-refractivity contribution in [3.05, 3.63) is 23.5 Å². The maximum absolute atomic E-state index is 12.5. The van der Waals surface area contributed by atoms with Crippen LogP contribution in [-0.4, -0.2) is 47.6 Å². The fraction of sp³-hybridized carbons (Fsp3) is 0.625. The number of aliphatic hydroxyl groups is 1. The number of aryl methyl sites for hydroxylation is 1. The number of nitrogens with zero attached hydrogens (tertiary/aromatic N) is 2. The zero-order valence-electron chi connectivity index (χ0n) is 13.4. The Kier molecular flexibility index (Phi) is 7.75. The lowest BCUT2D eigenvalue weighted by Gasteiger charge is -2.19. The van der Waals surface area contributed by atoms with Crippen molar-refractivity contribution in [2.45, 2.75) is 39.5 Å². The smallest absolute Gasteiger partial charge is 0.257 e. The monoisotopic (exact) mass is 293 g/mol. The minimum Gasteiger partial charge on any atom is -0.396 e. The van der Waals surface area contributed by atoms with Gasteiger partial charge in [0.15, 0.2) is 0 Å². The van der Waals surface area contributed by atoms with Crippen LogP contribution in [0.3, 0.4) is 0 Å². The molecule has 2 N–H and O–H groups in total. The SMILES string of the molecule is CCCNc1cc(C)ncc1C(=O)N(C)CCCCCO. The van der Waals surface area contributed by atoms with E-state index in [0.29, 0.717) is 12.1 Å². The number of rotatable bonds is 9. The van der Waals surface area contributed by atoms with Gasteiger partial charge in [0.05, 0.1) is 11.3 Å². The molecule has 0 radical (unpaired) electrons. The Morgan fingerprint density at radius 1 is 1.38 bits per heavy atom. The first-order valence-corrected chi connectivity index (χ1v) is 7.67. The van der Waals surface area contributed by atoms with E-state index in [1.165, 1.54) is 0 Å². The minimum atomic E-state index is -0.00917. The van der Waals surface area contributed by atoms with Crippen molar-refractivity contribution < 1.29 is 9.90 Å². The van der Waals surface area contributed by atoms with E-state index in [4.69, 9.17) is 5.11 Å². The molecule has 1 rings (SSSR count). The molecule has 5 nitrogen and oxygen atoms in total. The van der Waals surface area contributed by atoms with Gasteiger partial charge in [0.1, 0.15) is 0 Å². The number of amides is 1. The molecule has 1 aromatic heterocycles. The average Bonchev–Trinajstić information content (AvgIpc) is 2.48. The van der Waals surface area contributed by atoms with Gasteiger partial charge in [0, 0.05) is 38.6 Å². The van der Waals surface area contributed by atoms with Crippen LogP contribution < -0.4 is 5.32 Å². The fourth-order valence-electron chi connectivity index (χ4n) is 2.08. The van der Waals surface area contributed by atoms with Crippen molar-refractivity contribution in [2.75, 3.05) is 32.1 Å². The standard InChI is InChI=1S/C16H27N3O2/c1-4-8-17-15-11-13(2)18-12-14(15)16(21)19(3)9-6-5-7-10-20/h11-12,20H,4-10H2,1-3H3,(H,17,18). The maximum Gasteiger partial charge on any atom is 0.257 e. The summed E-state index contributed by atoms with van der Waals surface area (Å²) in [5.41, 5.74) is 2.38. The molecule has 0 fully saturated rings. The number of aromatic nitrogens is 1. The molecular formula is C16H27N3O2. The molecule has 0 aromatic carbocycles. The average molecular weight is 293 g/mol. The number of hydrogen-bond acceptors (Lipinski definition) is 4. The zero-order chi connectivity index (χ0) is 15.7. The Bertz CT molecular complexity index is 449. The summed E-state index contributed by atoms with van der Waals surface area (Å²) in [4.78, 5) is 18.5. The number of hydrogen-bond donors (Lipinski definition) is 2. The van der Waals surface area contributed by atoms with Crippen molar-refractivity contribution in [1.82, 2.24) is 9.88 Å². The van der Waals surface area contributed by atoms with Crippen LogP contribution in [0.5, 0.6) is 0 Å². The maximum atomic E-state index is 12.5. The van der Waals surface area contributed by atoms with Crippen molar-refractivity contribution >= 4 is 11.6 Å². The van der Waals surface area contributed by atoms with Crippen molar-refractivity contribution in [3.63, 3.8) is 0 Å². The molecule has 0 saturated heterocycles. The summed E-state index contributed by atoms with van der Waals surface area (Å²) in [7, 11) is 1.81. The molecule has 1 amide bonds. The van der Waals surface area contributed by atoms with Gasteiger partial charge in [-0.2, -0.15) is 0 Å². The van der Waals surface area contributed by atoms with Gasteiger partial charge in [0.25, 0.3) is 5.91 Å². The lowest BCUT2D eigenvalue weighted by atomic mass is 10.1. The highest BCUT2D eigenvalue weighted by Crippen LogP contribution is 2.18. The molecular weight excluding hydrogens is 266 g/mol. The second-order valence-electron chi connectivity index (χ2n) is 5.31. The molecule has 0 unspecified atom stereocenters. The number of anilines is 1. The number of aliphatic hydroxyl groups excluding tert-OH is 1. The number of carbonyl (C=O) groups excluding carboxylic acids is 1. The van der Waals surface area contributed by atoms with Crippen molar-refractivity contribution in [3.8, 4) is 0 Å². The molecule has 0 spiro atoms. The lowest BCUT2D eigenvalue weighted by Crippen LogP contribution is -2.28. The third-order valence-electron chi connectivity index (χ3n) is 3.33. The quantitative estimate of drug-likeness (QED) is 0.686. The molecule has 0 bridgehead atoms. The highest BCUT2D eigenvalue weighted by molar-refractivity contribution is 5.99. The molecule has 1 aromatic rings. The van der Waals surface area contributed by atoms with E-state index < -0.39 is 0 Å². The normalized spacial score (nSPS) is 10.5. The lowest BCUT2D eigenvalue weighted by molar-refractivity contribution is 0.0792. The Balaban J connectivity index is 2.71. The van der Waals surface area contributed by atoms with Crippen molar-refractivity contribution in [2.24, 2.45) is 0 Å². The third-order valence-corrected chi connectivity index (χ3v) is 3.33. The van der Waals surface area contributed by atoms with Crippen LogP contribution in [-0.2, 0) is 0 Å². The molecule has 0 saturated carbocycles. The predicted octanol–water partition coefficient (Wildman–Crippen LogP) is 2.45. The highest BCUT2D eigenvalue weighted by atomic mass is 16.2. The summed E-state index contributed by atoms with van der Waals surface area (Å²) >= 11 is 0. The largest absolute Gasteiger partial charge is 0.396 e. The molecule has 1 heterocycles. The summed E-state index contributed by atoms with van der Waals surface area (Å²) in [5.74, 6) is -0.00917.